The van der Waals surface area contributed by atoms with Crippen LogP contribution in [0, 0.1) is 5.82 Å². The average molecular weight is 330 g/mol. The molecule has 1 saturated heterocycles. The van der Waals surface area contributed by atoms with Gasteiger partial charge in [-0.15, -0.1) is 0 Å². The number of carbonyl (C=O) groups excluding carboxylic acids is 3. The van der Waals surface area contributed by atoms with Crippen molar-refractivity contribution in [3.63, 3.8) is 0 Å². The lowest BCUT2D eigenvalue weighted by molar-refractivity contribution is -0.140. The molecule has 0 saturated carbocycles. The lowest BCUT2D eigenvalue weighted by Gasteiger charge is -2.44. The zero-order chi connectivity index (χ0) is 17.8. The molecule has 0 spiro atoms. The van der Waals surface area contributed by atoms with Gasteiger partial charge < -0.3 is 4.90 Å². The van der Waals surface area contributed by atoms with E-state index in [9.17, 15) is 18.8 Å². The fraction of sp³-hybridized carbons (Fsp3) is 0.389. The summed E-state index contributed by atoms with van der Waals surface area (Å²) < 4.78 is 14.0. The average Bonchev–Trinajstić information content (AvgIpc) is 2.71. The van der Waals surface area contributed by atoms with Gasteiger partial charge in [0, 0.05) is 11.2 Å². The number of carbonyl (C=O) groups is 3. The number of amides is 3. The molecule has 2 aliphatic rings. The number of imide groups is 1. The Balaban J connectivity index is 2.00. The number of halogens is 1. The van der Waals surface area contributed by atoms with Crippen LogP contribution in [-0.2, 0) is 4.79 Å². The van der Waals surface area contributed by atoms with Gasteiger partial charge in [-0.1, -0.05) is 12.6 Å². The lowest BCUT2D eigenvalue weighted by atomic mass is 9.94. The third-order valence-electron chi connectivity index (χ3n) is 4.41. The highest BCUT2D eigenvalue weighted by atomic mass is 19.1. The maximum atomic E-state index is 14.0. The van der Waals surface area contributed by atoms with Crippen molar-refractivity contribution in [2.24, 2.45) is 0 Å². The molecular formula is C18H19FN2O3. The topological polar surface area (TPSA) is 57.7 Å². The zero-order valence-electron chi connectivity index (χ0n) is 13.9. The summed E-state index contributed by atoms with van der Waals surface area (Å²) in [5.41, 5.74) is -0.0930. The second-order valence-corrected chi connectivity index (χ2v) is 7.11. The minimum atomic E-state index is -0.929. The summed E-state index contributed by atoms with van der Waals surface area (Å²) in [6.45, 7) is 9.51. The molecule has 0 aliphatic carbocycles. The molecule has 0 radical (unpaired) electrons. The van der Waals surface area contributed by atoms with E-state index in [0.29, 0.717) is 18.5 Å². The number of allylic oxidation sites excluding steroid dienone is 1. The van der Waals surface area contributed by atoms with Gasteiger partial charge in [-0.3, -0.25) is 19.3 Å². The Morgan fingerprint density at radius 2 is 1.83 bits per heavy atom. The summed E-state index contributed by atoms with van der Waals surface area (Å²) in [6.07, 6.45) is 0.793. The third kappa shape index (κ3) is 2.25. The van der Waals surface area contributed by atoms with E-state index in [1.54, 1.807) is 0 Å². The molecule has 0 N–H and O–H groups in total. The van der Waals surface area contributed by atoms with Crippen molar-refractivity contribution in [3.8, 4) is 0 Å². The van der Waals surface area contributed by atoms with Crippen LogP contribution in [0.5, 0.6) is 0 Å². The molecule has 2 heterocycles. The summed E-state index contributed by atoms with van der Waals surface area (Å²) in [7, 11) is 0. The normalized spacial score (nSPS) is 21.6. The van der Waals surface area contributed by atoms with E-state index in [1.165, 1.54) is 17.0 Å². The van der Waals surface area contributed by atoms with Gasteiger partial charge >= 0.3 is 0 Å². The van der Waals surface area contributed by atoms with Crippen LogP contribution in [0.4, 0.5) is 4.39 Å². The summed E-state index contributed by atoms with van der Waals surface area (Å²) in [5, 5.41) is 0. The van der Waals surface area contributed by atoms with Crippen molar-refractivity contribution in [1.29, 1.82) is 0 Å². The molecule has 1 atom stereocenters. The van der Waals surface area contributed by atoms with Gasteiger partial charge in [-0.05, 0) is 45.7 Å². The van der Waals surface area contributed by atoms with E-state index >= 15 is 0 Å². The first-order valence-electron chi connectivity index (χ1n) is 7.83. The number of piperidine rings is 1. The molecule has 1 aromatic rings. The van der Waals surface area contributed by atoms with E-state index in [0.717, 1.165) is 11.0 Å². The number of benzene rings is 1. The number of fused-ring (bicyclic) bond motifs is 1. The smallest absolute Gasteiger partial charge is 0.265 e. The Morgan fingerprint density at radius 1 is 1.17 bits per heavy atom. The summed E-state index contributed by atoms with van der Waals surface area (Å²) in [5.74, 6) is -2.45. The fourth-order valence-corrected chi connectivity index (χ4v) is 3.43. The molecule has 24 heavy (non-hydrogen) atoms. The molecular weight excluding hydrogens is 311 g/mol. The highest BCUT2D eigenvalue weighted by Gasteiger charge is 2.48. The molecule has 2 aliphatic heterocycles. The number of rotatable bonds is 1. The molecule has 3 amide bonds. The van der Waals surface area contributed by atoms with E-state index in [4.69, 9.17) is 0 Å². The van der Waals surface area contributed by atoms with Crippen molar-refractivity contribution in [2.45, 2.75) is 45.2 Å². The Labute approximate surface area is 139 Å². The van der Waals surface area contributed by atoms with Gasteiger partial charge in [0.2, 0.25) is 0 Å². The first-order valence-corrected chi connectivity index (χ1v) is 7.83. The second-order valence-electron chi connectivity index (χ2n) is 7.11. The Hall–Kier alpha value is -2.50. The molecule has 0 aromatic heterocycles. The molecule has 5 nitrogen and oxygen atoms in total. The minimum Gasteiger partial charge on any atom is -0.310 e. The van der Waals surface area contributed by atoms with Crippen LogP contribution in [0.1, 0.15) is 54.3 Å². The van der Waals surface area contributed by atoms with Crippen molar-refractivity contribution >= 4 is 17.7 Å². The maximum absolute atomic E-state index is 14.0. The van der Waals surface area contributed by atoms with Crippen molar-refractivity contribution in [1.82, 2.24) is 9.80 Å². The van der Waals surface area contributed by atoms with Crippen LogP contribution in [0.15, 0.2) is 30.5 Å². The Morgan fingerprint density at radius 3 is 2.42 bits per heavy atom. The number of hydrogen-bond acceptors (Lipinski definition) is 3. The molecule has 3 rings (SSSR count). The van der Waals surface area contributed by atoms with Crippen molar-refractivity contribution in [2.75, 3.05) is 0 Å². The molecule has 1 aromatic carbocycles. The largest absolute Gasteiger partial charge is 0.310 e. The van der Waals surface area contributed by atoms with E-state index in [1.807, 2.05) is 20.8 Å². The maximum Gasteiger partial charge on any atom is 0.265 e. The van der Waals surface area contributed by atoms with E-state index in [2.05, 4.69) is 6.58 Å². The summed E-state index contributed by atoms with van der Waals surface area (Å²) >= 11 is 0. The first kappa shape index (κ1) is 16.4. The third-order valence-corrected chi connectivity index (χ3v) is 4.41. The number of likely N-dealkylation sites (tertiary alicyclic amines) is 1. The van der Waals surface area contributed by atoms with Gasteiger partial charge in [0.15, 0.2) is 0 Å². The molecule has 6 heteroatoms. The second kappa shape index (κ2) is 5.26. The summed E-state index contributed by atoms with van der Waals surface area (Å²) in [6, 6.07) is 3.00. The van der Waals surface area contributed by atoms with E-state index in [-0.39, 0.29) is 17.0 Å². The standard InChI is InChI=1S/C18H19FN2O3/c1-10-8-9-13(16(23)21(10)18(2,3)4)20-15(22)11-6-5-7-12(19)14(11)17(20)24/h5-7,13H,1,8-9H2,2-4H3. The molecule has 0 bridgehead atoms. The van der Waals surface area contributed by atoms with Crippen LogP contribution in [0.25, 0.3) is 0 Å². The first-order chi connectivity index (χ1) is 11.1. The molecule has 1 unspecified atom stereocenters. The van der Waals surface area contributed by atoms with Gasteiger partial charge in [0.25, 0.3) is 17.7 Å². The molecule has 1 fully saturated rings. The zero-order valence-corrected chi connectivity index (χ0v) is 13.9. The Kier molecular flexibility index (Phi) is 3.59. The monoisotopic (exact) mass is 330 g/mol. The van der Waals surface area contributed by atoms with Crippen LogP contribution in [-0.4, -0.2) is 39.1 Å². The van der Waals surface area contributed by atoms with Gasteiger partial charge in [-0.25, -0.2) is 4.39 Å². The Bertz CT molecular complexity index is 779. The highest BCUT2D eigenvalue weighted by molar-refractivity contribution is 6.23. The van der Waals surface area contributed by atoms with Crippen LogP contribution in [0.2, 0.25) is 0 Å². The predicted molar refractivity (Wildman–Crippen MR) is 85.7 cm³/mol. The van der Waals surface area contributed by atoms with Gasteiger partial charge in [-0.2, -0.15) is 0 Å². The predicted octanol–water partition coefficient (Wildman–Crippen LogP) is 2.72. The fourth-order valence-electron chi connectivity index (χ4n) is 3.43. The summed E-state index contributed by atoms with van der Waals surface area (Å²) in [4.78, 5) is 40.5. The van der Waals surface area contributed by atoms with Crippen molar-refractivity contribution < 1.29 is 18.8 Å². The van der Waals surface area contributed by atoms with Gasteiger partial charge in [0.1, 0.15) is 11.9 Å². The molecule has 126 valence electrons. The highest BCUT2D eigenvalue weighted by Crippen LogP contribution is 2.34. The SMILES string of the molecule is C=C1CCC(N2C(=O)c3cccc(F)c3C2=O)C(=O)N1C(C)(C)C. The lowest BCUT2D eigenvalue weighted by Crippen LogP contribution is -2.57. The van der Waals surface area contributed by atoms with Crippen LogP contribution in [0.3, 0.4) is 0 Å². The quantitative estimate of drug-likeness (QED) is 0.744. The number of nitrogens with zero attached hydrogens (tertiary/aromatic N) is 2. The minimum absolute atomic E-state index is 0.0134. The van der Waals surface area contributed by atoms with Gasteiger partial charge in [0.05, 0.1) is 11.1 Å². The van der Waals surface area contributed by atoms with Crippen LogP contribution >= 0.6 is 0 Å². The van der Waals surface area contributed by atoms with Crippen molar-refractivity contribution in [3.05, 3.63) is 47.4 Å². The van der Waals surface area contributed by atoms with E-state index < -0.39 is 29.2 Å². The van der Waals surface area contributed by atoms with Crippen LogP contribution < -0.4 is 0 Å². The number of hydrogen-bond donors (Lipinski definition) is 0.